The molecule has 2 amide bonds. The fourth-order valence-electron chi connectivity index (χ4n) is 3.39. The molecule has 1 aliphatic heterocycles. The Labute approximate surface area is 182 Å². The standard InChI is InChI=1S/C22H18ClFN4O3/c23-18-14-15(24)6-7-17(18)21(30)26-10-12-27(13-11-26)22(31)19-8-9-20(29)28(25-19)16-4-2-1-3-5-16/h1-9,14H,10-13H2. The number of hydrogen-bond acceptors (Lipinski definition) is 4. The number of amides is 2. The van der Waals surface area contributed by atoms with Crippen LogP contribution in [-0.2, 0) is 0 Å². The van der Waals surface area contributed by atoms with Crippen LogP contribution in [-0.4, -0.2) is 57.6 Å². The molecule has 0 aliphatic carbocycles. The molecule has 9 heteroatoms. The molecule has 158 valence electrons. The van der Waals surface area contributed by atoms with E-state index >= 15 is 0 Å². The summed E-state index contributed by atoms with van der Waals surface area (Å²) in [6.45, 7) is 1.21. The van der Waals surface area contributed by atoms with Crippen LogP contribution in [0.5, 0.6) is 0 Å². The second-order valence-electron chi connectivity index (χ2n) is 7.01. The Hall–Kier alpha value is -3.52. The number of carbonyl (C=O) groups is 2. The van der Waals surface area contributed by atoms with E-state index in [2.05, 4.69) is 5.10 Å². The average Bonchev–Trinajstić information content (AvgIpc) is 2.79. The molecule has 0 saturated carbocycles. The molecule has 31 heavy (non-hydrogen) atoms. The Kier molecular flexibility index (Phi) is 5.81. The Morgan fingerprint density at radius 2 is 1.52 bits per heavy atom. The summed E-state index contributed by atoms with van der Waals surface area (Å²) in [6, 6.07) is 15.2. The van der Waals surface area contributed by atoms with Crippen molar-refractivity contribution in [3.8, 4) is 5.69 Å². The molecule has 2 aromatic carbocycles. The minimum atomic E-state index is -0.513. The van der Waals surface area contributed by atoms with Crippen LogP contribution in [0.3, 0.4) is 0 Å². The number of halogens is 2. The van der Waals surface area contributed by atoms with Crippen molar-refractivity contribution in [2.24, 2.45) is 0 Å². The van der Waals surface area contributed by atoms with E-state index in [1.807, 2.05) is 6.07 Å². The summed E-state index contributed by atoms with van der Waals surface area (Å²) in [5, 5.41) is 4.27. The highest BCUT2D eigenvalue weighted by molar-refractivity contribution is 6.33. The summed E-state index contributed by atoms with van der Waals surface area (Å²) in [5.41, 5.74) is 0.590. The van der Waals surface area contributed by atoms with Gasteiger partial charge in [-0.15, -0.1) is 0 Å². The molecule has 0 spiro atoms. The van der Waals surface area contributed by atoms with E-state index in [0.717, 1.165) is 6.07 Å². The zero-order chi connectivity index (χ0) is 22.0. The van der Waals surface area contributed by atoms with Crippen LogP contribution in [0.1, 0.15) is 20.8 Å². The topological polar surface area (TPSA) is 75.5 Å². The molecule has 1 aromatic heterocycles. The molecule has 0 unspecified atom stereocenters. The van der Waals surface area contributed by atoms with Gasteiger partial charge >= 0.3 is 0 Å². The third kappa shape index (κ3) is 4.34. The number of para-hydroxylation sites is 1. The van der Waals surface area contributed by atoms with Crippen LogP contribution in [0.25, 0.3) is 5.69 Å². The quantitative estimate of drug-likeness (QED) is 0.627. The largest absolute Gasteiger partial charge is 0.335 e. The SMILES string of the molecule is O=C(c1ccc(=O)n(-c2ccccc2)n1)N1CCN(C(=O)c2ccc(F)cc2Cl)CC1. The lowest BCUT2D eigenvalue weighted by atomic mass is 10.1. The van der Waals surface area contributed by atoms with Crippen LogP contribution in [0.4, 0.5) is 4.39 Å². The maximum Gasteiger partial charge on any atom is 0.274 e. The van der Waals surface area contributed by atoms with Crippen molar-refractivity contribution in [1.82, 2.24) is 19.6 Å². The molecule has 0 radical (unpaired) electrons. The Bertz CT molecular complexity index is 1190. The van der Waals surface area contributed by atoms with Crippen molar-refractivity contribution in [1.29, 1.82) is 0 Å². The van der Waals surface area contributed by atoms with Gasteiger partial charge < -0.3 is 9.80 Å². The summed E-state index contributed by atoms with van der Waals surface area (Å²) in [5.74, 6) is -1.15. The lowest BCUT2D eigenvalue weighted by Gasteiger charge is -2.34. The predicted octanol–water partition coefficient (Wildman–Crippen LogP) is 2.62. The first kappa shape index (κ1) is 20.7. The minimum Gasteiger partial charge on any atom is -0.335 e. The molecule has 0 bridgehead atoms. The van der Waals surface area contributed by atoms with E-state index in [1.54, 1.807) is 34.1 Å². The Balaban J connectivity index is 1.46. The zero-order valence-electron chi connectivity index (χ0n) is 16.4. The van der Waals surface area contributed by atoms with E-state index in [4.69, 9.17) is 11.6 Å². The highest BCUT2D eigenvalue weighted by Crippen LogP contribution is 2.20. The lowest BCUT2D eigenvalue weighted by Crippen LogP contribution is -2.51. The second kappa shape index (κ2) is 8.69. The second-order valence-corrected chi connectivity index (χ2v) is 7.42. The van der Waals surface area contributed by atoms with Crippen LogP contribution in [0, 0.1) is 5.82 Å². The van der Waals surface area contributed by atoms with Crippen molar-refractivity contribution >= 4 is 23.4 Å². The van der Waals surface area contributed by atoms with Crippen molar-refractivity contribution in [3.63, 3.8) is 0 Å². The molecule has 4 rings (SSSR count). The van der Waals surface area contributed by atoms with Gasteiger partial charge in [-0.05, 0) is 36.4 Å². The fraction of sp³-hybridized carbons (Fsp3) is 0.182. The number of carbonyl (C=O) groups excluding carboxylic acids is 2. The third-order valence-corrected chi connectivity index (χ3v) is 5.35. The maximum absolute atomic E-state index is 13.2. The van der Waals surface area contributed by atoms with Gasteiger partial charge in [0.15, 0.2) is 0 Å². The average molecular weight is 441 g/mol. The normalized spacial score (nSPS) is 13.9. The van der Waals surface area contributed by atoms with E-state index in [9.17, 15) is 18.8 Å². The van der Waals surface area contributed by atoms with Gasteiger partial charge in [-0.1, -0.05) is 29.8 Å². The molecule has 0 atom stereocenters. The first-order chi connectivity index (χ1) is 14.9. The number of hydrogen-bond donors (Lipinski definition) is 0. The smallest absolute Gasteiger partial charge is 0.274 e. The Morgan fingerprint density at radius 1 is 0.871 bits per heavy atom. The number of benzene rings is 2. The maximum atomic E-state index is 13.2. The molecular weight excluding hydrogens is 423 g/mol. The summed E-state index contributed by atoms with van der Waals surface area (Å²) in [7, 11) is 0. The summed E-state index contributed by atoms with van der Waals surface area (Å²) in [4.78, 5) is 40.9. The predicted molar refractivity (Wildman–Crippen MR) is 113 cm³/mol. The first-order valence-corrected chi connectivity index (χ1v) is 10.0. The van der Waals surface area contributed by atoms with Gasteiger partial charge in [0.25, 0.3) is 17.4 Å². The zero-order valence-corrected chi connectivity index (χ0v) is 17.1. The molecule has 1 aliphatic rings. The van der Waals surface area contributed by atoms with Crippen LogP contribution in [0.2, 0.25) is 5.02 Å². The molecule has 1 saturated heterocycles. The van der Waals surface area contributed by atoms with Gasteiger partial charge in [-0.2, -0.15) is 9.78 Å². The number of aromatic nitrogens is 2. The third-order valence-electron chi connectivity index (χ3n) is 5.04. The summed E-state index contributed by atoms with van der Waals surface area (Å²) in [6.07, 6.45) is 0. The highest BCUT2D eigenvalue weighted by Gasteiger charge is 2.27. The highest BCUT2D eigenvalue weighted by atomic mass is 35.5. The monoisotopic (exact) mass is 440 g/mol. The Morgan fingerprint density at radius 3 is 2.16 bits per heavy atom. The molecule has 1 fully saturated rings. The van der Waals surface area contributed by atoms with Crippen molar-refractivity contribution in [2.75, 3.05) is 26.2 Å². The van der Waals surface area contributed by atoms with Gasteiger partial charge in [0, 0.05) is 32.2 Å². The summed E-state index contributed by atoms with van der Waals surface area (Å²) < 4.78 is 14.4. The summed E-state index contributed by atoms with van der Waals surface area (Å²) >= 11 is 5.99. The molecular formula is C22H18ClFN4O3. The molecule has 3 aromatic rings. The van der Waals surface area contributed by atoms with E-state index in [1.165, 1.54) is 28.9 Å². The van der Waals surface area contributed by atoms with Gasteiger partial charge in [0.2, 0.25) is 0 Å². The van der Waals surface area contributed by atoms with E-state index in [0.29, 0.717) is 31.9 Å². The lowest BCUT2D eigenvalue weighted by molar-refractivity contribution is 0.0531. The first-order valence-electron chi connectivity index (χ1n) is 9.63. The van der Waals surface area contributed by atoms with Crippen molar-refractivity contribution < 1.29 is 14.0 Å². The van der Waals surface area contributed by atoms with E-state index in [-0.39, 0.29) is 33.7 Å². The number of piperazine rings is 1. The van der Waals surface area contributed by atoms with Crippen LogP contribution < -0.4 is 5.56 Å². The van der Waals surface area contributed by atoms with Crippen LogP contribution in [0.15, 0.2) is 65.5 Å². The minimum absolute atomic E-state index is 0.0517. The van der Waals surface area contributed by atoms with Gasteiger partial charge in [0.05, 0.1) is 16.3 Å². The van der Waals surface area contributed by atoms with E-state index < -0.39 is 5.82 Å². The fourth-order valence-corrected chi connectivity index (χ4v) is 3.64. The molecule has 7 nitrogen and oxygen atoms in total. The van der Waals surface area contributed by atoms with Crippen molar-refractivity contribution in [2.45, 2.75) is 0 Å². The van der Waals surface area contributed by atoms with Gasteiger partial charge in [0.1, 0.15) is 11.5 Å². The number of nitrogens with zero attached hydrogens (tertiary/aromatic N) is 4. The van der Waals surface area contributed by atoms with Crippen LogP contribution >= 0.6 is 11.6 Å². The van der Waals surface area contributed by atoms with Crippen molar-refractivity contribution in [3.05, 3.63) is 93.1 Å². The van der Waals surface area contributed by atoms with Gasteiger partial charge in [-0.3, -0.25) is 14.4 Å². The molecule has 0 N–H and O–H groups in total. The van der Waals surface area contributed by atoms with Gasteiger partial charge in [-0.25, -0.2) is 4.39 Å². The number of rotatable bonds is 3. The molecule has 2 heterocycles.